The molecule has 0 unspecified atom stereocenters. The lowest BCUT2D eigenvalue weighted by Gasteiger charge is -2.09. The molecule has 0 saturated heterocycles. The zero-order chi connectivity index (χ0) is 21.6. The zero-order valence-corrected chi connectivity index (χ0v) is 20.1. The number of thiophene rings is 1. The van der Waals surface area contributed by atoms with Crippen LogP contribution in [0.15, 0.2) is 4.79 Å². The Hall–Kier alpha value is -1.78. The second kappa shape index (κ2) is 10.7. The fourth-order valence-electron chi connectivity index (χ4n) is 3.72. The molecule has 1 amide bonds. The van der Waals surface area contributed by atoms with Gasteiger partial charge in [0.1, 0.15) is 15.7 Å². The molecule has 7 nitrogen and oxygen atoms in total. The summed E-state index contributed by atoms with van der Waals surface area (Å²) in [6.07, 6.45) is 9.14. The Kier molecular flexibility index (Phi) is 7.73. The van der Waals surface area contributed by atoms with E-state index in [0.29, 0.717) is 28.9 Å². The summed E-state index contributed by atoms with van der Waals surface area (Å²) in [6, 6.07) is 0. The smallest absolute Gasteiger partial charge is 0.259 e. The Morgan fingerprint density at radius 1 is 1.19 bits per heavy atom. The van der Waals surface area contributed by atoms with E-state index in [9.17, 15) is 9.59 Å². The highest BCUT2D eigenvalue weighted by Crippen LogP contribution is 2.33. The lowest BCUT2D eigenvalue weighted by atomic mass is 9.97. The van der Waals surface area contributed by atoms with E-state index in [2.05, 4.69) is 32.4 Å². The predicted octanol–water partition coefficient (Wildman–Crippen LogP) is 4.71. The molecule has 4 rings (SSSR count). The monoisotopic (exact) mass is 477 g/mol. The highest BCUT2D eigenvalue weighted by Gasteiger charge is 2.19. The number of aromatic nitrogens is 4. The Morgan fingerprint density at radius 3 is 2.94 bits per heavy atom. The van der Waals surface area contributed by atoms with Gasteiger partial charge in [-0.3, -0.25) is 9.59 Å². The van der Waals surface area contributed by atoms with Crippen LogP contribution in [-0.2, 0) is 29.8 Å². The number of hydrogen-bond acceptors (Lipinski definition) is 8. The van der Waals surface area contributed by atoms with Crippen molar-refractivity contribution in [3.05, 3.63) is 31.6 Å². The van der Waals surface area contributed by atoms with Gasteiger partial charge in [-0.25, -0.2) is 4.98 Å². The van der Waals surface area contributed by atoms with Gasteiger partial charge in [0.2, 0.25) is 11.0 Å². The molecule has 2 N–H and O–H groups in total. The van der Waals surface area contributed by atoms with Crippen LogP contribution < -0.4 is 10.9 Å². The van der Waals surface area contributed by atoms with Crippen LogP contribution in [0.5, 0.6) is 0 Å². The van der Waals surface area contributed by atoms with Gasteiger partial charge in [-0.15, -0.1) is 21.5 Å². The van der Waals surface area contributed by atoms with Crippen LogP contribution in [0.3, 0.4) is 0 Å². The van der Waals surface area contributed by atoms with Gasteiger partial charge in [-0.05, 0) is 37.7 Å². The number of unbranched alkanes of at least 4 members (excludes halogenated alkanes) is 2. The molecule has 3 heterocycles. The van der Waals surface area contributed by atoms with Gasteiger partial charge in [0.05, 0.1) is 11.1 Å². The van der Waals surface area contributed by atoms with Crippen molar-refractivity contribution in [3.63, 3.8) is 0 Å². The van der Waals surface area contributed by atoms with Gasteiger partial charge in [-0.2, -0.15) is 11.8 Å². The average Bonchev–Trinajstić information content (AvgIpc) is 3.35. The van der Waals surface area contributed by atoms with Crippen LogP contribution in [-0.4, -0.2) is 31.8 Å². The highest BCUT2D eigenvalue weighted by molar-refractivity contribution is 7.98. The number of carbonyl (C=O) groups is 1. The van der Waals surface area contributed by atoms with Gasteiger partial charge in [0.25, 0.3) is 5.56 Å². The van der Waals surface area contributed by atoms with Crippen molar-refractivity contribution < 1.29 is 4.79 Å². The summed E-state index contributed by atoms with van der Waals surface area (Å²) in [6.45, 7) is 2.17. The van der Waals surface area contributed by atoms with E-state index in [1.807, 2.05) is 0 Å². The minimum Gasteiger partial charge on any atom is -0.309 e. The van der Waals surface area contributed by atoms with Gasteiger partial charge < -0.3 is 10.3 Å². The fourth-order valence-corrected chi connectivity index (χ4v) is 6.61. The van der Waals surface area contributed by atoms with Crippen LogP contribution >= 0.6 is 34.4 Å². The van der Waals surface area contributed by atoms with Crippen molar-refractivity contribution in [3.8, 4) is 0 Å². The minimum atomic E-state index is -0.0633. The number of fused-ring (bicyclic) bond motifs is 3. The topological polar surface area (TPSA) is 101 Å². The molecular formula is C21H27N5O2S3. The molecule has 1 aliphatic carbocycles. The predicted molar refractivity (Wildman–Crippen MR) is 129 cm³/mol. The van der Waals surface area contributed by atoms with Gasteiger partial charge in [0.15, 0.2) is 0 Å². The number of nitrogens with one attached hydrogen (secondary N) is 2. The van der Waals surface area contributed by atoms with E-state index in [-0.39, 0.29) is 11.5 Å². The van der Waals surface area contributed by atoms with E-state index in [1.165, 1.54) is 41.0 Å². The summed E-state index contributed by atoms with van der Waals surface area (Å²) in [5, 5.41) is 13.4. The number of thioether (sulfide) groups is 1. The maximum Gasteiger partial charge on any atom is 0.259 e. The second-order valence-electron chi connectivity index (χ2n) is 7.71. The second-order valence-corrected chi connectivity index (χ2v) is 11.0. The van der Waals surface area contributed by atoms with E-state index in [1.54, 1.807) is 23.1 Å². The Bertz CT molecular complexity index is 1100. The third kappa shape index (κ3) is 5.72. The van der Waals surface area contributed by atoms with Crippen molar-refractivity contribution in [2.24, 2.45) is 0 Å². The Labute approximate surface area is 193 Å². The number of H-pyrrole nitrogens is 1. The fraction of sp³-hybridized carbons (Fsp3) is 0.571. The Morgan fingerprint density at radius 2 is 2.06 bits per heavy atom. The van der Waals surface area contributed by atoms with Crippen LogP contribution in [0.1, 0.15) is 66.7 Å². The SMILES string of the molecule is CCCCCc1nnc(NC(=O)CCSCc2nc3sc4c(c3c(=O)[nH]2)CCCC4)s1. The molecule has 0 aromatic carbocycles. The van der Waals surface area contributed by atoms with Crippen molar-refractivity contribution >= 4 is 55.7 Å². The average molecular weight is 478 g/mol. The summed E-state index contributed by atoms with van der Waals surface area (Å²) in [7, 11) is 0. The van der Waals surface area contributed by atoms with E-state index in [4.69, 9.17) is 0 Å². The molecular weight excluding hydrogens is 450 g/mol. The first-order chi connectivity index (χ1) is 15.1. The number of aromatic amines is 1. The van der Waals surface area contributed by atoms with Crippen LogP contribution in [0, 0.1) is 0 Å². The van der Waals surface area contributed by atoms with E-state index < -0.39 is 0 Å². The summed E-state index contributed by atoms with van der Waals surface area (Å²) in [4.78, 5) is 34.6. The molecule has 1 aliphatic rings. The molecule has 0 bridgehead atoms. The van der Waals surface area contributed by atoms with Gasteiger partial charge in [-0.1, -0.05) is 31.1 Å². The summed E-state index contributed by atoms with van der Waals surface area (Å²) < 4.78 is 0. The van der Waals surface area contributed by atoms with Crippen molar-refractivity contribution in [1.29, 1.82) is 0 Å². The molecule has 3 aromatic rings. The molecule has 0 spiro atoms. The molecule has 10 heteroatoms. The van der Waals surface area contributed by atoms with Gasteiger partial charge >= 0.3 is 0 Å². The first kappa shape index (κ1) is 22.4. The van der Waals surface area contributed by atoms with Crippen molar-refractivity contribution in [2.75, 3.05) is 11.1 Å². The molecule has 0 fully saturated rings. The standard InChI is InChI=1S/C21H27N5O2S3/c1-2-3-4-9-17-25-26-21(31-17)24-16(27)10-11-29-12-15-22-19(28)18-13-7-5-6-8-14(13)30-20(18)23-15/h2-12H2,1H3,(H,22,23,28)(H,24,26,27). The quantitative estimate of drug-likeness (QED) is 0.410. The first-order valence-electron chi connectivity index (χ1n) is 10.9. The summed E-state index contributed by atoms with van der Waals surface area (Å²) in [5.41, 5.74) is 1.19. The van der Waals surface area contributed by atoms with E-state index >= 15 is 0 Å². The summed E-state index contributed by atoms with van der Waals surface area (Å²) >= 11 is 4.71. The maximum atomic E-state index is 12.6. The molecule has 0 saturated carbocycles. The van der Waals surface area contributed by atoms with Crippen LogP contribution in [0.25, 0.3) is 10.2 Å². The Balaban J connectivity index is 1.25. The number of amides is 1. The number of hydrogen-bond donors (Lipinski definition) is 2. The van der Waals surface area contributed by atoms with Gasteiger partial charge in [0, 0.05) is 23.5 Å². The zero-order valence-electron chi connectivity index (χ0n) is 17.7. The molecule has 0 atom stereocenters. The number of aryl methyl sites for hydroxylation is 3. The molecule has 0 aliphatic heterocycles. The number of rotatable bonds is 10. The normalized spacial score (nSPS) is 13.5. The highest BCUT2D eigenvalue weighted by atomic mass is 32.2. The maximum absolute atomic E-state index is 12.6. The van der Waals surface area contributed by atoms with Crippen LogP contribution in [0.2, 0.25) is 0 Å². The third-order valence-electron chi connectivity index (χ3n) is 5.29. The van der Waals surface area contributed by atoms with Crippen LogP contribution in [0.4, 0.5) is 5.13 Å². The van der Waals surface area contributed by atoms with Crippen molar-refractivity contribution in [1.82, 2.24) is 20.2 Å². The molecule has 166 valence electrons. The van der Waals surface area contributed by atoms with E-state index in [0.717, 1.165) is 47.3 Å². The lowest BCUT2D eigenvalue weighted by molar-refractivity contribution is -0.115. The molecule has 3 aromatic heterocycles. The third-order valence-corrected chi connectivity index (χ3v) is 8.35. The molecule has 31 heavy (non-hydrogen) atoms. The lowest BCUT2D eigenvalue weighted by Crippen LogP contribution is -2.13. The minimum absolute atomic E-state index is 0.0243. The number of carbonyl (C=O) groups excluding carboxylic acids is 1. The largest absolute Gasteiger partial charge is 0.309 e. The first-order valence-corrected chi connectivity index (χ1v) is 13.7. The summed E-state index contributed by atoms with van der Waals surface area (Å²) in [5.74, 6) is 1.85. The molecule has 0 radical (unpaired) electrons. The van der Waals surface area contributed by atoms with Crippen molar-refractivity contribution in [2.45, 2.75) is 70.5 Å². The number of anilines is 1. The number of nitrogens with zero attached hydrogens (tertiary/aromatic N) is 3.